The third kappa shape index (κ3) is 10.2. The maximum Gasteiger partial charge on any atom is 2.00 e. The number of nitrogens with zero attached hydrogens (tertiary/aromatic N) is 4. The van der Waals surface area contributed by atoms with Crippen molar-refractivity contribution in [1.29, 1.82) is 0 Å². The van der Waals surface area contributed by atoms with Crippen LogP contribution in [0, 0.1) is 0 Å². The van der Waals surface area contributed by atoms with Crippen molar-refractivity contribution in [1.82, 2.24) is 0 Å². The average Bonchev–Trinajstić information content (AvgIpc) is 2.98. The molecule has 0 heterocycles. The van der Waals surface area contributed by atoms with E-state index in [4.69, 9.17) is 19.7 Å². The van der Waals surface area contributed by atoms with Crippen LogP contribution in [0.5, 0.6) is 23.0 Å². The van der Waals surface area contributed by atoms with Crippen LogP contribution in [0.15, 0.2) is 117 Å². The molecule has 0 amide bonds. The maximum atomic E-state index is 9.59. The molecule has 0 saturated carbocycles. The standard InChI is InChI=1S/2C15H14N2O3.Co/c2*1-20-12-8-6-11(7-9-12)10-16-17-15(19)13-4-2-3-5-14(13)18;/h2*2-10,18H,1H3,(H,17,19);/q;;+2/p+2. The molecular formula is C30H30CoN4O6+4. The number of benzene rings is 4. The topological polar surface area (TPSA) is 154 Å². The Labute approximate surface area is 247 Å². The summed E-state index contributed by atoms with van der Waals surface area (Å²) in [6.07, 6.45) is 3.07. The van der Waals surface area contributed by atoms with Gasteiger partial charge in [-0.15, -0.1) is 0 Å². The van der Waals surface area contributed by atoms with Crippen molar-refractivity contribution in [2.45, 2.75) is 0 Å². The molecule has 1 radical (unpaired) electrons. The molecule has 0 aromatic heterocycles. The Balaban J connectivity index is 0.000000280. The van der Waals surface area contributed by atoms with Gasteiger partial charge in [0.1, 0.15) is 34.1 Å². The number of hydrogen-bond donors (Lipinski definition) is 2. The van der Waals surface area contributed by atoms with Crippen LogP contribution in [-0.2, 0) is 16.8 Å². The van der Waals surface area contributed by atoms with Gasteiger partial charge in [0, 0.05) is 0 Å². The molecule has 0 bridgehead atoms. The number of ether oxygens (including phenoxy) is 2. The van der Waals surface area contributed by atoms with Gasteiger partial charge in [-0.1, -0.05) is 34.5 Å². The molecule has 0 saturated heterocycles. The normalized spacial score (nSPS) is 11.5. The SMILES string of the molecule is COc1ccc(C=N/N=C(\[OH2+])c2ccccc2O)cc1.COc1ccc(C=N/N=C(\[OH2+])c2ccccc2O)cc1.[Co+2]. The number of rotatable bonds is 8. The molecule has 0 fully saturated rings. The van der Waals surface area contributed by atoms with Gasteiger partial charge in [-0.2, -0.15) is 10.2 Å². The summed E-state index contributed by atoms with van der Waals surface area (Å²) in [5.74, 6) is 1.38. The minimum absolute atomic E-state index is 0. The third-order valence-corrected chi connectivity index (χ3v) is 5.28. The second-order valence-corrected chi connectivity index (χ2v) is 7.97. The molecule has 4 aromatic carbocycles. The Hall–Kier alpha value is -5.13. The fourth-order valence-corrected chi connectivity index (χ4v) is 3.14. The van der Waals surface area contributed by atoms with Crippen LogP contribution >= 0.6 is 0 Å². The predicted molar refractivity (Wildman–Crippen MR) is 158 cm³/mol. The van der Waals surface area contributed by atoms with E-state index in [2.05, 4.69) is 20.4 Å². The third-order valence-electron chi connectivity index (χ3n) is 5.28. The number of para-hydroxylation sites is 2. The van der Waals surface area contributed by atoms with Crippen molar-refractivity contribution in [2.75, 3.05) is 14.2 Å². The summed E-state index contributed by atoms with van der Waals surface area (Å²) in [5.41, 5.74) is 2.39. The van der Waals surface area contributed by atoms with Crippen LogP contribution in [0.2, 0.25) is 0 Å². The van der Waals surface area contributed by atoms with Crippen molar-refractivity contribution in [3.05, 3.63) is 119 Å². The van der Waals surface area contributed by atoms with Gasteiger partial charge in [-0.05, 0) is 83.9 Å². The molecule has 41 heavy (non-hydrogen) atoms. The first kappa shape index (κ1) is 32.1. The van der Waals surface area contributed by atoms with Crippen molar-refractivity contribution >= 4 is 24.2 Å². The van der Waals surface area contributed by atoms with Crippen LogP contribution < -0.4 is 9.47 Å². The van der Waals surface area contributed by atoms with Crippen LogP contribution in [0.4, 0.5) is 0 Å². The molecule has 11 heteroatoms. The van der Waals surface area contributed by atoms with E-state index in [-0.39, 0.29) is 40.1 Å². The van der Waals surface area contributed by atoms with E-state index < -0.39 is 0 Å². The summed E-state index contributed by atoms with van der Waals surface area (Å²) < 4.78 is 10.1. The van der Waals surface area contributed by atoms with Crippen LogP contribution in [0.25, 0.3) is 0 Å². The number of methoxy groups -OCH3 is 2. The van der Waals surface area contributed by atoms with Crippen molar-refractivity contribution in [3.8, 4) is 23.0 Å². The quantitative estimate of drug-likeness (QED) is 0.136. The average molecular weight is 602 g/mol. The van der Waals surface area contributed by atoms with Crippen LogP contribution in [0.3, 0.4) is 0 Å². The van der Waals surface area contributed by atoms with Crippen LogP contribution in [0.1, 0.15) is 22.3 Å². The van der Waals surface area contributed by atoms with Gasteiger partial charge in [0.25, 0.3) is 0 Å². The van der Waals surface area contributed by atoms with Crippen molar-refractivity contribution in [2.24, 2.45) is 20.4 Å². The van der Waals surface area contributed by atoms with Crippen molar-refractivity contribution in [3.63, 3.8) is 0 Å². The van der Waals surface area contributed by atoms with E-state index in [0.717, 1.165) is 22.6 Å². The Morgan fingerprint density at radius 3 is 1.24 bits per heavy atom. The van der Waals surface area contributed by atoms with Gasteiger partial charge in [0.15, 0.2) is 0 Å². The zero-order chi connectivity index (χ0) is 28.7. The van der Waals surface area contributed by atoms with Gasteiger partial charge < -0.3 is 29.9 Å². The molecule has 211 valence electrons. The molecular weight excluding hydrogens is 571 g/mol. The second kappa shape index (κ2) is 16.7. The van der Waals surface area contributed by atoms with Gasteiger partial charge in [-0.25, -0.2) is 0 Å². The summed E-state index contributed by atoms with van der Waals surface area (Å²) in [4.78, 5) is 0. The zero-order valence-electron chi connectivity index (χ0n) is 22.2. The predicted octanol–water partition coefficient (Wildman–Crippen LogP) is 3.81. The summed E-state index contributed by atoms with van der Waals surface area (Å²) in [5, 5.41) is 49.8. The molecule has 0 atom stereocenters. The summed E-state index contributed by atoms with van der Waals surface area (Å²) in [6.45, 7) is 0. The van der Waals surface area contributed by atoms with E-state index in [1.165, 1.54) is 24.6 Å². The maximum absolute atomic E-state index is 9.59. The first-order valence-electron chi connectivity index (χ1n) is 11.9. The minimum Gasteiger partial charge on any atom is -0.577 e. The second-order valence-electron chi connectivity index (χ2n) is 7.97. The fraction of sp³-hybridized carbons (Fsp3) is 0.0667. The number of phenols is 2. The molecule has 0 unspecified atom stereocenters. The molecule has 0 aliphatic carbocycles. The minimum atomic E-state index is -0.0899. The molecule has 6 N–H and O–H groups in total. The van der Waals surface area contributed by atoms with Gasteiger partial charge in [0.2, 0.25) is 0 Å². The van der Waals surface area contributed by atoms with E-state index in [0.29, 0.717) is 11.1 Å². The Morgan fingerprint density at radius 2 is 0.927 bits per heavy atom. The monoisotopic (exact) mass is 601 g/mol. The summed E-state index contributed by atoms with van der Waals surface area (Å²) >= 11 is 0. The van der Waals surface area contributed by atoms with E-state index in [1.807, 2.05) is 48.5 Å². The van der Waals surface area contributed by atoms with E-state index >= 15 is 0 Å². The van der Waals surface area contributed by atoms with Gasteiger partial charge in [-0.3, -0.25) is 0 Å². The Kier molecular flexibility index (Phi) is 13.1. The number of hydrogen-bond acceptors (Lipinski definition) is 8. The zero-order valence-corrected chi connectivity index (χ0v) is 23.3. The van der Waals surface area contributed by atoms with Crippen LogP contribution in [-0.4, -0.2) is 58.9 Å². The Morgan fingerprint density at radius 1 is 0.585 bits per heavy atom. The molecule has 0 aliphatic rings. The fourth-order valence-electron chi connectivity index (χ4n) is 3.14. The first-order valence-corrected chi connectivity index (χ1v) is 11.9. The van der Waals surface area contributed by atoms with E-state index in [9.17, 15) is 10.2 Å². The summed E-state index contributed by atoms with van der Waals surface area (Å²) in [6, 6.07) is 27.7. The van der Waals surface area contributed by atoms with Gasteiger partial charge >= 0.3 is 28.6 Å². The van der Waals surface area contributed by atoms with Gasteiger partial charge in [0.05, 0.1) is 26.6 Å². The first-order chi connectivity index (χ1) is 19.4. The van der Waals surface area contributed by atoms with Crippen molar-refractivity contribution < 1.29 is 46.7 Å². The summed E-state index contributed by atoms with van der Waals surface area (Å²) in [7, 11) is 3.21. The Bertz CT molecular complexity index is 1390. The molecule has 4 rings (SSSR count). The molecule has 0 aliphatic heterocycles. The number of aromatic hydroxyl groups is 2. The molecule has 10 nitrogen and oxygen atoms in total. The molecule has 0 spiro atoms. The smallest absolute Gasteiger partial charge is 0.577 e. The molecule has 4 aromatic rings. The largest absolute Gasteiger partial charge is 2.00 e. The van der Waals surface area contributed by atoms with E-state index in [1.54, 1.807) is 50.6 Å². The number of phenolic OH excluding ortho intramolecular Hbond substituents is 2.